The lowest BCUT2D eigenvalue weighted by atomic mass is 10.1. The normalized spacial score (nSPS) is 11.3. The first-order chi connectivity index (χ1) is 15.5. The molecular formula is C21H21ClN4O3S3. The highest BCUT2D eigenvalue weighted by Crippen LogP contribution is 2.32. The molecule has 11 heteroatoms. The summed E-state index contributed by atoms with van der Waals surface area (Å²) in [6, 6.07) is 13.2. The minimum absolute atomic E-state index is 0.187. The van der Waals surface area contributed by atoms with Gasteiger partial charge in [-0.15, -0.1) is 10.2 Å². The van der Waals surface area contributed by atoms with Crippen LogP contribution in [-0.4, -0.2) is 41.8 Å². The molecule has 1 N–H and O–H groups in total. The summed E-state index contributed by atoms with van der Waals surface area (Å²) in [5.74, 6) is 1.90. The van der Waals surface area contributed by atoms with E-state index >= 15 is 0 Å². The maximum absolute atomic E-state index is 12.2. The van der Waals surface area contributed by atoms with E-state index in [-0.39, 0.29) is 11.7 Å². The highest BCUT2D eigenvalue weighted by atomic mass is 35.5. The number of hydrazone groups is 1. The van der Waals surface area contributed by atoms with Crippen molar-refractivity contribution < 1.29 is 14.3 Å². The summed E-state index contributed by atoms with van der Waals surface area (Å²) in [6.07, 6.45) is 0. The molecule has 0 spiro atoms. The van der Waals surface area contributed by atoms with Crippen LogP contribution in [0.4, 0.5) is 0 Å². The minimum atomic E-state index is -0.227. The molecule has 0 saturated carbocycles. The largest absolute Gasteiger partial charge is 0.493 e. The number of aromatic nitrogens is 2. The van der Waals surface area contributed by atoms with Crippen LogP contribution in [0.15, 0.2) is 56.2 Å². The fraction of sp³-hybridized carbons (Fsp3) is 0.238. The average molecular weight is 509 g/mol. The van der Waals surface area contributed by atoms with E-state index < -0.39 is 0 Å². The van der Waals surface area contributed by atoms with Gasteiger partial charge >= 0.3 is 0 Å². The molecule has 3 aromatic rings. The third-order valence-corrected chi connectivity index (χ3v) is 7.78. The van der Waals surface area contributed by atoms with Gasteiger partial charge in [0, 0.05) is 16.3 Å². The second-order valence-corrected chi connectivity index (χ2v) is 10.1. The van der Waals surface area contributed by atoms with Gasteiger partial charge in [-0.1, -0.05) is 64.7 Å². The minimum Gasteiger partial charge on any atom is -0.493 e. The van der Waals surface area contributed by atoms with Gasteiger partial charge in [-0.2, -0.15) is 5.10 Å². The highest BCUT2D eigenvalue weighted by Gasteiger charge is 2.10. The zero-order valence-electron chi connectivity index (χ0n) is 17.6. The number of nitrogens with zero attached hydrogens (tertiary/aromatic N) is 3. The van der Waals surface area contributed by atoms with Gasteiger partial charge in [0.2, 0.25) is 0 Å². The summed E-state index contributed by atoms with van der Waals surface area (Å²) in [5, 5.41) is 13.2. The number of carbonyl (C=O) groups is 1. The van der Waals surface area contributed by atoms with Gasteiger partial charge in [0.25, 0.3) is 5.91 Å². The monoisotopic (exact) mass is 508 g/mol. The summed E-state index contributed by atoms with van der Waals surface area (Å²) in [6.45, 7) is 1.81. The Labute approximate surface area is 204 Å². The van der Waals surface area contributed by atoms with Crippen LogP contribution in [0, 0.1) is 0 Å². The third-order valence-electron chi connectivity index (χ3n) is 4.17. The third kappa shape index (κ3) is 6.86. The van der Waals surface area contributed by atoms with Crippen molar-refractivity contribution in [3.05, 3.63) is 58.6 Å². The lowest BCUT2D eigenvalue weighted by Gasteiger charge is -2.09. The van der Waals surface area contributed by atoms with E-state index in [0.29, 0.717) is 23.0 Å². The van der Waals surface area contributed by atoms with Crippen LogP contribution >= 0.6 is 46.5 Å². The molecule has 3 rings (SSSR count). The van der Waals surface area contributed by atoms with Gasteiger partial charge in [0.15, 0.2) is 20.2 Å². The molecule has 0 radical (unpaired) electrons. The Morgan fingerprint density at radius 1 is 1.09 bits per heavy atom. The summed E-state index contributed by atoms with van der Waals surface area (Å²) < 4.78 is 12.1. The fourth-order valence-electron chi connectivity index (χ4n) is 2.50. The van der Waals surface area contributed by atoms with Crippen molar-refractivity contribution in [1.29, 1.82) is 0 Å². The molecule has 0 bridgehead atoms. The molecular weight excluding hydrogens is 488 g/mol. The number of rotatable bonds is 10. The van der Waals surface area contributed by atoms with Crippen molar-refractivity contribution in [2.75, 3.05) is 20.0 Å². The molecule has 0 aliphatic heterocycles. The number of hydrogen-bond donors (Lipinski definition) is 1. The summed E-state index contributed by atoms with van der Waals surface area (Å²) >= 11 is 10.5. The van der Waals surface area contributed by atoms with Crippen LogP contribution in [0.2, 0.25) is 5.02 Å². The van der Waals surface area contributed by atoms with E-state index in [1.165, 1.54) is 23.1 Å². The molecule has 0 aliphatic carbocycles. The highest BCUT2D eigenvalue weighted by molar-refractivity contribution is 8.03. The molecule has 1 amide bonds. The molecule has 0 unspecified atom stereocenters. The molecule has 0 saturated heterocycles. The number of hydrogen-bond acceptors (Lipinski definition) is 9. The van der Waals surface area contributed by atoms with E-state index in [1.54, 1.807) is 32.0 Å². The Balaban J connectivity index is 1.48. The predicted molar refractivity (Wildman–Crippen MR) is 132 cm³/mol. The van der Waals surface area contributed by atoms with Crippen LogP contribution in [0.5, 0.6) is 11.5 Å². The predicted octanol–water partition coefficient (Wildman–Crippen LogP) is 5.13. The smallest absolute Gasteiger partial charge is 0.250 e. The van der Waals surface area contributed by atoms with E-state index in [2.05, 4.69) is 20.7 Å². The summed E-state index contributed by atoms with van der Waals surface area (Å²) in [5.41, 5.74) is 5.09. The Morgan fingerprint density at radius 3 is 2.53 bits per heavy atom. The Hall–Kier alpha value is -2.27. The molecule has 0 aliphatic rings. The number of benzene rings is 2. The standard InChI is InChI=1S/C21H21ClN4O3S3/c1-13(14-8-9-17(28-2)18(10-14)29-3)23-24-19(27)12-31-21-26-25-20(32-21)30-11-15-6-4-5-7-16(15)22/h4-10H,11-12H2,1-3H3,(H,24,27). The first-order valence-corrected chi connectivity index (χ1v) is 12.5. The first kappa shape index (κ1) is 24.4. The van der Waals surface area contributed by atoms with Gasteiger partial charge in [-0.3, -0.25) is 4.79 Å². The van der Waals surface area contributed by atoms with E-state index in [9.17, 15) is 4.79 Å². The Kier molecular flexibility index (Phi) is 9.22. The number of amides is 1. The summed E-state index contributed by atoms with van der Waals surface area (Å²) in [4.78, 5) is 12.2. The maximum Gasteiger partial charge on any atom is 0.250 e. The molecule has 1 heterocycles. The number of halogens is 1. The average Bonchev–Trinajstić information content (AvgIpc) is 3.28. The number of ether oxygens (including phenoxy) is 2. The molecule has 0 fully saturated rings. The summed E-state index contributed by atoms with van der Waals surface area (Å²) in [7, 11) is 3.15. The van der Waals surface area contributed by atoms with Gasteiger partial charge < -0.3 is 9.47 Å². The SMILES string of the molecule is COc1ccc(C(C)=NNC(=O)CSc2nnc(SCc3ccccc3Cl)s2)cc1OC. The second kappa shape index (κ2) is 12.1. The van der Waals surface area contributed by atoms with Crippen LogP contribution in [-0.2, 0) is 10.5 Å². The zero-order chi connectivity index (χ0) is 22.9. The topological polar surface area (TPSA) is 85.7 Å². The lowest BCUT2D eigenvalue weighted by molar-refractivity contribution is -0.118. The quantitative estimate of drug-likeness (QED) is 0.231. The zero-order valence-corrected chi connectivity index (χ0v) is 20.8. The van der Waals surface area contributed by atoms with E-state index in [4.69, 9.17) is 21.1 Å². The molecule has 2 aromatic carbocycles. The fourth-order valence-corrected chi connectivity index (χ4v) is 5.60. The van der Waals surface area contributed by atoms with Crippen molar-refractivity contribution in [3.63, 3.8) is 0 Å². The van der Waals surface area contributed by atoms with Crippen molar-refractivity contribution >= 4 is 58.1 Å². The number of nitrogens with one attached hydrogen (secondary N) is 1. The van der Waals surface area contributed by atoms with Gasteiger partial charge in [0.1, 0.15) is 0 Å². The van der Waals surface area contributed by atoms with E-state index in [1.807, 2.05) is 43.3 Å². The van der Waals surface area contributed by atoms with Crippen molar-refractivity contribution in [1.82, 2.24) is 15.6 Å². The number of thioether (sulfide) groups is 2. The number of methoxy groups -OCH3 is 2. The lowest BCUT2D eigenvalue weighted by Crippen LogP contribution is -2.21. The van der Waals surface area contributed by atoms with Gasteiger partial charge in [-0.05, 0) is 36.8 Å². The van der Waals surface area contributed by atoms with E-state index in [0.717, 1.165) is 24.8 Å². The Bertz CT molecular complexity index is 1110. The van der Waals surface area contributed by atoms with Crippen LogP contribution in [0.25, 0.3) is 0 Å². The molecule has 0 atom stereocenters. The molecule has 7 nitrogen and oxygen atoms in total. The molecule has 32 heavy (non-hydrogen) atoms. The second-order valence-electron chi connectivity index (χ2n) is 6.30. The van der Waals surface area contributed by atoms with Crippen molar-refractivity contribution in [3.8, 4) is 11.5 Å². The van der Waals surface area contributed by atoms with Crippen molar-refractivity contribution in [2.45, 2.75) is 21.4 Å². The van der Waals surface area contributed by atoms with Crippen LogP contribution in [0.1, 0.15) is 18.1 Å². The molecule has 168 valence electrons. The van der Waals surface area contributed by atoms with Crippen molar-refractivity contribution in [2.24, 2.45) is 5.10 Å². The van der Waals surface area contributed by atoms with Crippen LogP contribution < -0.4 is 14.9 Å². The Morgan fingerprint density at radius 2 is 1.81 bits per heavy atom. The van der Waals surface area contributed by atoms with Crippen LogP contribution in [0.3, 0.4) is 0 Å². The first-order valence-electron chi connectivity index (χ1n) is 9.38. The van der Waals surface area contributed by atoms with Gasteiger partial charge in [0.05, 0.1) is 25.7 Å². The maximum atomic E-state index is 12.2. The molecule has 1 aromatic heterocycles. The van der Waals surface area contributed by atoms with Gasteiger partial charge in [-0.25, -0.2) is 5.43 Å². The number of carbonyl (C=O) groups excluding carboxylic acids is 1.